The predicted molar refractivity (Wildman–Crippen MR) is 95.8 cm³/mol. The molecule has 0 spiro atoms. The van der Waals surface area contributed by atoms with Crippen LogP contribution in [0.2, 0.25) is 0 Å². The van der Waals surface area contributed by atoms with Crippen LogP contribution >= 0.6 is 0 Å². The third kappa shape index (κ3) is 3.16. The van der Waals surface area contributed by atoms with Crippen LogP contribution in [0.5, 0.6) is 0 Å². The number of fused-ring (bicyclic) bond motifs is 2. The second-order valence-electron chi connectivity index (χ2n) is 5.99. The van der Waals surface area contributed by atoms with Crippen molar-refractivity contribution in [2.24, 2.45) is 0 Å². The predicted octanol–water partition coefficient (Wildman–Crippen LogP) is 2.83. The lowest BCUT2D eigenvalue weighted by atomic mass is 9.98. The van der Waals surface area contributed by atoms with Crippen molar-refractivity contribution in [3.8, 4) is 0 Å². The summed E-state index contributed by atoms with van der Waals surface area (Å²) >= 11 is 0. The van der Waals surface area contributed by atoms with Crippen molar-refractivity contribution >= 4 is 20.9 Å². The maximum atomic E-state index is 12.8. The lowest BCUT2D eigenvalue weighted by molar-refractivity contribution is 0.0460. The van der Waals surface area contributed by atoms with Crippen molar-refractivity contribution in [3.63, 3.8) is 0 Å². The van der Waals surface area contributed by atoms with Gasteiger partial charge in [-0.3, -0.25) is 4.98 Å². The standard InChI is InChI=1S/C19H18N2O3S/c22-25(23,18-9-3-6-15-7-4-11-20-19(15)18)21-13-17-16-8-2-1-5-14(16)10-12-24-17/h1-9,11,17,21H,10,12-13H2. The van der Waals surface area contributed by atoms with Gasteiger partial charge in [0.05, 0.1) is 18.2 Å². The van der Waals surface area contributed by atoms with E-state index in [2.05, 4.69) is 15.8 Å². The Morgan fingerprint density at radius 2 is 1.92 bits per heavy atom. The minimum Gasteiger partial charge on any atom is -0.372 e. The number of benzene rings is 2. The monoisotopic (exact) mass is 354 g/mol. The van der Waals surface area contributed by atoms with Crippen LogP contribution in [0.4, 0.5) is 0 Å². The summed E-state index contributed by atoms with van der Waals surface area (Å²) in [7, 11) is -3.68. The number of hydrogen-bond acceptors (Lipinski definition) is 4. The van der Waals surface area contributed by atoms with Crippen LogP contribution in [0.3, 0.4) is 0 Å². The molecule has 2 heterocycles. The number of pyridine rings is 1. The molecule has 3 aromatic rings. The summed E-state index contributed by atoms with van der Waals surface area (Å²) in [5.41, 5.74) is 2.74. The molecular weight excluding hydrogens is 336 g/mol. The molecule has 0 saturated carbocycles. The van der Waals surface area contributed by atoms with E-state index in [1.54, 1.807) is 24.4 Å². The Balaban J connectivity index is 1.61. The topological polar surface area (TPSA) is 68.3 Å². The van der Waals surface area contributed by atoms with E-state index in [1.165, 1.54) is 5.56 Å². The molecule has 1 aromatic heterocycles. The maximum Gasteiger partial charge on any atom is 0.242 e. The van der Waals surface area contributed by atoms with Gasteiger partial charge in [-0.05, 0) is 29.7 Å². The van der Waals surface area contributed by atoms with Crippen molar-refractivity contribution in [2.75, 3.05) is 13.2 Å². The second-order valence-corrected chi connectivity index (χ2v) is 7.73. The van der Waals surface area contributed by atoms with Crippen LogP contribution in [0.25, 0.3) is 10.9 Å². The average Bonchev–Trinajstić information content (AvgIpc) is 2.66. The van der Waals surface area contributed by atoms with E-state index in [-0.39, 0.29) is 17.5 Å². The number of nitrogens with zero attached hydrogens (tertiary/aromatic N) is 1. The SMILES string of the molecule is O=S(=O)(NCC1OCCc2ccccc21)c1cccc2cccnc12. The zero-order valence-corrected chi connectivity index (χ0v) is 14.4. The molecule has 6 heteroatoms. The fourth-order valence-electron chi connectivity index (χ4n) is 3.20. The van der Waals surface area contributed by atoms with Crippen LogP contribution in [0, 0.1) is 0 Å². The normalized spacial score (nSPS) is 17.4. The Hall–Kier alpha value is -2.28. The third-order valence-corrected chi connectivity index (χ3v) is 5.89. The first-order chi connectivity index (χ1) is 12.1. The van der Waals surface area contributed by atoms with Crippen LogP contribution in [0.15, 0.2) is 65.7 Å². The van der Waals surface area contributed by atoms with E-state index in [1.807, 2.05) is 30.3 Å². The Morgan fingerprint density at radius 1 is 1.08 bits per heavy atom. The van der Waals surface area contributed by atoms with Gasteiger partial charge in [-0.25, -0.2) is 13.1 Å². The second kappa shape index (κ2) is 6.55. The molecule has 0 radical (unpaired) electrons. The summed E-state index contributed by atoms with van der Waals surface area (Å²) in [6, 6.07) is 16.8. The Labute approximate surface area is 146 Å². The Bertz CT molecular complexity index is 1010. The molecule has 2 aromatic carbocycles. The van der Waals surface area contributed by atoms with Crippen LogP contribution < -0.4 is 4.72 Å². The Morgan fingerprint density at radius 3 is 2.84 bits per heavy atom. The van der Waals surface area contributed by atoms with E-state index in [0.717, 1.165) is 17.4 Å². The number of rotatable bonds is 4. The van der Waals surface area contributed by atoms with Gasteiger partial charge in [-0.2, -0.15) is 0 Å². The molecule has 0 amide bonds. The number of aromatic nitrogens is 1. The van der Waals surface area contributed by atoms with Crippen molar-refractivity contribution in [2.45, 2.75) is 17.4 Å². The van der Waals surface area contributed by atoms with Gasteiger partial charge >= 0.3 is 0 Å². The molecular formula is C19H18N2O3S. The van der Waals surface area contributed by atoms with Gasteiger partial charge in [0.2, 0.25) is 10.0 Å². The molecule has 1 aliphatic rings. The highest BCUT2D eigenvalue weighted by atomic mass is 32.2. The lowest BCUT2D eigenvalue weighted by Gasteiger charge is -2.26. The molecule has 128 valence electrons. The molecule has 0 fully saturated rings. The summed E-state index contributed by atoms with van der Waals surface area (Å²) in [6.07, 6.45) is 2.18. The molecule has 0 bridgehead atoms. The summed E-state index contributed by atoms with van der Waals surface area (Å²) in [5.74, 6) is 0. The van der Waals surface area contributed by atoms with Gasteiger partial charge in [-0.1, -0.05) is 42.5 Å². The van der Waals surface area contributed by atoms with Crippen molar-refractivity contribution < 1.29 is 13.2 Å². The Kier molecular flexibility index (Phi) is 4.25. The van der Waals surface area contributed by atoms with E-state index in [9.17, 15) is 8.42 Å². The van der Waals surface area contributed by atoms with Crippen molar-refractivity contribution in [3.05, 3.63) is 71.9 Å². The minimum atomic E-state index is -3.68. The molecule has 4 rings (SSSR count). The van der Waals surface area contributed by atoms with Gasteiger partial charge in [0.25, 0.3) is 0 Å². The summed E-state index contributed by atoms with van der Waals surface area (Å²) in [5, 5.41) is 0.796. The van der Waals surface area contributed by atoms with Crippen molar-refractivity contribution in [1.82, 2.24) is 9.71 Å². The summed E-state index contributed by atoms with van der Waals surface area (Å²) < 4.78 is 34.1. The van der Waals surface area contributed by atoms with Crippen LogP contribution in [-0.4, -0.2) is 26.6 Å². The highest BCUT2D eigenvalue weighted by Crippen LogP contribution is 2.27. The van der Waals surface area contributed by atoms with Crippen LogP contribution in [-0.2, 0) is 21.2 Å². The maximum absolute atomic E-state index is 12.8. The molecule has 1 atom stereocenters. The van der Waals surface area contributed by atoms with Crippen LogP contribution in [0.1, 0.15) is 17.2 Å². The molecule has 1 N–H and O–H groups in total. The first-order valence-corrected chi connectivity index (χ1v) is 9.66. The fourth-order valence-corrected chi connectivity index (χ4v) is 4.41. The highest BCUT2D eigenvalue weighted by Gasteiger charge is 2.24. The molecule has 25 heavy (non-hydrogen) atoms. The molecule has 1 aliphatic heterocycles. The van der Waals surface area contributed by atoms with Gasteiger partial charge in [0.1, 0.15) is 4.90 Å². The molecule has 1 unspecified atom stereocenters. The third-order valence-electron chi connectivity index (χ3n) is 4.44. The first kappa shape index (κ1) is 16.2. The molecule has 5 nitrogen and oxygen atoms in total. The zero-order valence-electron chi connectivity index (χ0n) is 13.6. The summed E-state index contributed by atoms with van der Waals surface area (Å²) in [4.78, 5) is 4.42. The minimum absolute atomic E-state index is 0.190. The van der Waals surface area contributed by atoms with Gasteiger partial charge in [0.15, 0.2) is 0 Å². The molecule has 0 saturated heterocycles. The molecule has 0 aliphatic carbocycles. The number of para-hydroxylation sites is 1. The smallest absolute Gasteiger partial charge is 0.242 e. The van der Waals surface area contributed by atoms with Gasteiger partial charge in [-0.15, -0.1) is 0 Å². The zero-order chi connectivity index (χ0) is 17.3. The number of sulfonamides is 1. The van der Waals surface area contributed by atoms with Gasteiger partial charge < -0.3 is 4.74 Å². The fraction of sp³-hybridized carbons (Fsp3) is 0.211. The largest absolute Gasteiger partial charge is 0.372 e. The van der Waals surface area contributed by atoms with E-state index < -0.39 is 10.0 Å². The van der Waals surface area contributed by atoms with Crippen molar-refractivity contribution in [1.29, 1.82) is 0 Å². The summed E-state index contributed by atoms with van der Waals surface area (Å²) in [6.45, 7) is 0.793. The van der Waals surface area contributed by atoms with E-state index in [4.69, 9.17) is 4.74 Å². The highest BCUT2D eigenvalue weighted by molar-refractivity contribution is 7.89. The van der Waals surface area contributed by atoms with E-state index >= 15 is 0 Å². The quantitative estimate of drug-likeness (QED) is 0.782. The van der Waals surface area contributed by atoms with E-state index in [0.29, 0.717) is 12.1 Å². The number of hydrogen-bond donors (Lipinski definition) is 1. The number of nitrogens with one attached hydrogen (secondary N) is 1. The van der Waals surface area contributed by atoms with Gasteiger partial charge in [0, 0.05) is 18.1 Å². The average molecular weight is 354 g/mol. The lowest BCUT2D eigenvalue weighted by Crippen LogP contribution is -2.32. The first-order valence-electron chi connectivity index (χ1n) is 8.18. The number of ether oxygens (including phenoxy) is 1.